The summed E-state index contributed by atoms with van der Waals surface area (Å²) in [6, 6.07) is 51.0. The molecule has 1 aromatic heterocycles. The molecule has 0 amide bonds. The van der Waals surface area contributed by atoms with Crippen LogP contribution in [0.1, 0.15) is 30.5 Å². The van der Waals surface area contributed by atoms with Gasteiger partial charge in [0.1, 0.15) is 0 Å². The molecule has 0 fully saturated rings. The minimum Gasteiger partial charge on any atom is -0.310 e. The first-order chi connectivity index (χ1) is 24.0. The molecule has 0 bridgehead atoms. The summed E-state index contributed by atoms with van der Waals surface area (Å²) < 4.78 is 2.37. The molecule has 0 saturated heterocycles. The van der Waals surface area contributed by atoms with Gasteiger partial charge in [-0.05, 0) is 119 Å². The number of hydrogen-bond donors (Lipinski definition) is 0. The SMILES string of the molecule is Cc1ccc(N(c2ccc(-c3ccc4c(c3)c3ccccc3n4-c3ccccc3)cc2)c2ccc3c(c2)C(C)(C)C2=C3C=C=CC=C2)cc1. The van der Waals surface area contributed by atoms with E-state index in [9.17, 15) is 0 Å². The van der Waals surface area contributed by atoms with Crippen molar-refractivity contribution in [2.75, 3.05) is 4.90 Å². The van der Waals surface area contributed by atoms with Crippen molar-refractivity contribution >= 4 is 44.4 Å². The fourth-order valence-electron chi connectivity index (χ4n) is 7.79. The van der Waals surface area contributed by atoms with E-state index in [1.807, 2.05) is 6.08 Å². The van der Waals surface area contributed by atoms with Gasteiger partial charge in [-0.1, -0.05) is 104 Å². The second kappa shape index (κ2) is 11.3. The van der Waals surface area contributed by atoms with Crippen LogP contribution >= 0.6 is 0 Å². The molecule has 2 aliphatic rings. The van der Waals surface area contributed by atoms with Crippen LogP contribution in [-0.2, 0) is 5.41 Å². The van der Waals surface area contributed by atoms with Crippen molar-refractivity contribution in [3.63, 3.8) is 0 Å². The van der Waals surface area contributed by atoms with Crippen LogP contribution < -0.4 is 4.90 Å². The summed E-state index contributed by atoms with van der Waals surface area (Å²) >= 11 is 0. The Hall–Kier alpha value is -6.08. The zero-order chi connectivity index (χ0) is 33.1. The van der Waals surface area contributed by atoms with Crippen LogP contribution in [-0.4, -0.2) is 4.57 Å². The maximum Gasteiger partial charge on any atom is 0.0541 e. The van der Waals surface area contributed by atoms with Gasteiger partial charge < -0.3 is 9.47 Å². The van der Waals surface area contributed by atoms with Crippen LogP contribution in [0.3, 0.4) is 0 Å². The van der Waals surface area contributed by atoms with Gasteiger partial charge in [-0.25, -0.2) is 0 Å². The lowest BCUT2D eigenvalue weighted by Gasteiger charge is -2.29. The Morgan fingerprint density at radius 2 is 1.29 bits per heavy atom. The van der Waals surface area contributed by atoms with Crippen LogP contribution in [0.5, 0.6) is 0 Å². The molecule has 0 N–H and O–H groups in total. The molecule has 0 spiro atoms. The average molecular weight is 629 g/mol. The highest BCUT2D eigenvalue weighted by Gasteiger charge is 2.36. The van der Waals surface area contributed by atoms with Gasteiger partial charge in [0.15, 0.2) is 0 Å². The van der Waals surface area contributed by atoms with Crippen molar-refractivity contribution in [3.05, 3.63) is 192 Å². The van der Waals surface area contributed by atoms with Gasteiger partial charge in [0.05, 0.1) is 11.0 Å². The van der Waals surface area contributed by atoms with Gasteiger partial charge in [-0.15, -0.1) is 5.73 Å². The van der Waals surface area contributed by atoms with E-state index in [1.54, 1.807) is 0 Å². The van der Waals surface area contributed by atoms with Crippen molar-refractivity contribution in [2.45, 2.75) is 26.2 Å². The predicted octanol–water partition coefficient (Wildman–Crippen LogP) is 12.6. The number of fused-ring (bicyclic) bond motifs is 5. The summed E-state index contributed by atoms with van der Waals surface area (Å²) in [5.41, 5.74) is 19.1. The Bertz CT molecular complexity index is 2530. The first-order valence-electron chi connectivity index (χ1n) is 17.0. The smallest absolute Gasteiger partial charge is 0.0541 e. The van der Waals surface area contributed by atoms with Crippen LogP contribution in [0.2, 0.25) is 0 Å². The number of benzene rings is 6. The Morgan fingerprint density at radius 3 is 2.08 bits per heavy atom. The molecule has 7 aromatic rings. The van der Waals surface area contributed by atoms with Crippen molar-refractivity contribution in [1.29, 1.82) is 0 Å². The molecule has 0 radical (unpaired) electrons. The van der Waals surface area contributed by atoms with E-state index in [2.05, 4.69) is 194 Å². The minimum absolute atomic E-state index is 0.112. The highest BCUT2D eigenvalue weighted by atomic mass is 15.1. The number of nitrogens with zero attached hydrogens (tertiary/aromatic N) is 2. The number of anilines is 3. The third-order valence-electron chi connectivity index (χ3n) is 10.3. The number of rotatable bonds is 5. The zero-order valence-electron chi connectivity index (χ0n) is 28.0. The number of allylic oxidation sites excluding steroid dienone is 5. The summed E-state index contributed by atoms with van der Waals surface area (Å²) in [4.78, 5) is 2.38. The zero-order valence-corrected chi connectivity index (χ0v) is 28.0. The molecule has 0 saturated carbocycles. The summed E-state index contributed by atoms with van der Waals surface area (Å²) in [5.74, 6) is 0. The second-order valence-corrected chi connectivity index (χ2v) is 13.7. The molecule has 2 nitrogen and oxygen atoms in total. The van der Waals surface area contributed by atoms with E-state index in [0.29, 0.717) is 0 Å². The standard InChI is InChI=1S/C47H36N2/c1-32-18-23-36(24-19-32)48(38-27-28-40-39-14-8-5-9-16-43(39)47(2,3)44(40)31-38)37-25-20-33(21-26-37)34-22-29-46-42(30-34)41-15-10-11-17-45(41)49(46)35-12-6-4-7-13-35/h4-7,9-31H,1-3H3. The van der Waals surface area contributed by atoms with Crippen LogP contribution in [0, 0.1) is 6.92 Å². The number of aryl methyl sites for hydroxylation is 1. The minimum atomic E-state index is -0.112. The van der Waals surface area contributed by atoms with Crippen molar-refractivity contribution < 1.29 is 0 Å². The van der Waals surface area contributed by atoms with Crippen LogP contribution in [0.25, 0.3) is 44.2 Å². The molecule has 234 valence electrons. The van der Waals surface area contributed by atoms with Gasteiger partial charge in [-0.3, -0.25) is 0 Å². The second-order valence-electron chi connectivity index (χ2n) is 13.7. The molecule has 2 heteroatoms. The molecular formula is C47H36N2. The molecule has 2 aliphatic carbocycles. The highest BCUT2D eigenvalue weighted by molar-refractivity contribution is 6.10. The van der Waals surface area contributed by atoms with E-state index < -0.39 is 0 Å². The molecule has 49 heavy (non-hydrogen) atoms. The van der Waals surface area contributed by atoms with E-state index in [-0.39, 0.29) is 5.41 Å². The molecule has 6 aromatic carbocycles. The predicted molar refractivity (Wildman–Crippen MR) is 207 cm³/mol. The van der Waals surface area contributed by atoms with Crippen LogP contribution in [0.15, 0.2) is 175 Å². The van der Waals surface area contributed by atoms with E-state index >= 15 is 0 Å². The normalized spacial score (nSPS) is 14.3. The Balaban J connectivity index is 1.13. The molecule has 9 rings (SSSR count). The lowest BCUT2D eigenvalue weighted by atomic mass is 9.81. The Morgan fingerprint density at radius 1 is 0.612 bits per heavy atom. The lowest BCUT2D eigenvalue weighted by molar-refractivity contribution is 0.654. The van der Waals surface area contributed by atoms with Gasteiger partial charge in [0.2, 0.25) is 0 Å². The maximum atomic E-state index is 3.33. The fourth-order valence-corrected chi connectivity index (χ4v) is 7.79. The number of hydrogen-bond acceptors (Lipinski definition) is 1. The largest absolute Gasteiger partial charge is 0.310 e. The summed E-state index contributed by atoms with van der Waals surface area (Å²) in [5, 5.41) is 2.52. The maximum absolute atomic E-state index is 3.33. The fraction of sp³-hybridized carbons (Fsp3) is 0.0851. The third kappa shape index (κ3) is 4.72. The van der Waals surface area contributed by atoms with E-state index in [1.165, 1.54) is 66.5 Å². The quantitative estimate of drug-likeness (QED) is 0.172. The summed E-state index contributed by atoms with van der Waals surface area (Å²) in [6.45, 7) is 6.81. The average Bonchev–Trinajstić information content (AvgIpc) is 3.40. The molecule has 1 heterocycles. The molecule has 0 aliphatic heterocycles. The van der Waals surface area contributed by atoms with E-state index in [4.69, 9.17) is 0 Å². The van der Waals surface area contributed by atoms with Crippen LogP contribution in [0.4, 0.5) is 17.1 Å². The van der Waals surface area contributed by atoms with Crippen molar-refractivity contribution in [1.82, 2.24) is 4.57 Å². The monoisotopic (exact) mass is 628 g/mol. The van der Waals surface area contributed by atoms with E-state index in [0.717, 1.165) is 17.1 Å². The Kier molecular flexibility index (Phi) is 6.69. The summed E-state index contributed by atoms with van der Waals surface area (Å²) in [7, 11) is 0. The highest BCUT2D eigenvalue weighted by Crippen LogP contribution is 2.50. The topological polar surface area (TPSA) is 8.17 Å². The Labute approximate surface area is 287 Å². The molecule has 0 atom stereocenters. The lowest BCUT2D eigenvalue weighted by Crippen LogP contribution is -2.17. The summed E-state index contributed by atoms with van der Waals surface area (Å²) in [6.07, 6.45) is 8.48. The third-order valence-corrected chi connectivity index (χ3v) is 10.3. The number of para-hydroxylation sites is 2. The first kappa shape index (κ1) is 29.1. The van der Waals surface area contributed by atoms with Gasteiger partial charge in [0.25, 0.3) is 0 Å². The molecular weight excluding hydrogens is 593 g/mol. The molecule has 0 unspecified atom stereocenters. The van der Waals surface area contributed by atoms with Gasteiger partial charge >= 0.3 is 0 Å². The number of aromatic nitrogens is 1. The van der Waals surface area contributed by atoms with Crippen molar-refractivity contribution in [2.24, 2.45) is 0 Å². The van der Waals surface area contributed by atoms with Gasteiger partial charge in [0, 0.05) is 38.9 Å². The van der Waals surface area contributed by atoms with Gasteiger partial charge in [-0.2, -0.15) is 0 Å². The van der Waals surface area contributed by atoms with Crippen molar-refractivity contribution in [3.8, 4) is 16.8 Å². The first-order valence-corrected chi connectivity index (χ1v) is 17.0.